The highest BCUT2D eigenvalue weighted by atomic mass is 35.5. The normalized spacial score (nSPS) is 14.0. The van der Waals surface area contributed by atoms with Gasteiger partial charge >= 0.3 is 0 Å². The lowest BCUT2D eigenvalue weighted by atomic mass is 10.0. The van der Waals surface area contributed by atoms with Gasteiger partial charge in [-0.2, -0.15) is 0 Å². The van der Waals surface area contributed by atoms with E-state index in [-0.39, 0.29) is 0 Å². The van der Waals surface area contributed by atoms with Gasteiger partial charge in [0.05, 0.1) is 11.9 Å². The second-order valence-corrected chi connectivity index (χ2v) is 10.1. The van der Waals surface area contributed by atoms with Gasteiger partial charge in [-0.05, 0) is 67.0 Å². The number of carbonyl (C=O) groups is 1. The molecule has 0 aliphatic heterocycles. The molecule has 0 heterocycles. The Morgan fingerprint density at radius 1 is 1.10 bits per heavy atom. The maximum atomic E-state index is 13.1. The first-order valence-electron chi connectivity index (χ1n) is 9.76. The number of nitrogens with zero attached hydrogens (tertiary/aromatic N) is 1. The maximum absolute atomic E-state index is 13.1. The molecule has 4 rings (SSSR count). The highest BCUT2D eigenvalue weighted by Gasteiger charge is 2.31. The van der Waals surface area contributed by atoms with E-state index in [1.54, 1.807) is 32.0 Å². The van der Waals surface area contributed by atoms with E-state index < -0.39 is 22.0 Å². The number of benzene rings is 3. The number of hydrogen-bond donors (Lipinski definition) is 1. The molecule has 156 valence electrons. The average molecular weight is 443 g/mol. The highest BCUT2D eigenvalue weighted by Crippen LogP contribution is 2.35. The minimum absolute atomic E-state index is 0.396. The first-order chi connectivity index (χ1) is 14.2. The molecule has 1 atom stereocenters. The fourth-order valence-corrected chi connectivity index (χ4v) is 5.58. The third-order valence-electron chi connectivity index (χ3n) is 5.63. The average Bonchev–Trinajstić information content (AvgIpc) is 3.10. The van der Waals surface area contributed by atoms with Crippen molar-refractivity contribution in [2.75, 3.05) is 15.9 Å². The smallest absolute Gasteiger partial charge is 0.248 e. The molecule has 30 heavy (non-hydrogen) atoms. The minimum atomic E-state index is -3.73. The van der Waals surface area contributed by atoms with Crippen molar-refractivity contribution in [2.45, 2.75) is 32.7 Å². The van der Waals surface area contributed by atoms with Crippen LogP contribution in [0.1, 0.15) is 23.6 Å². The second-order valence-electron chi connectivity index (χ2n) is 7.77. The van der Waals surface area contributed by atoms with Gasteiger partial charge in [0.15, 0.2) is 0 Å². The molecule has 0 fully saturated rings. The molecule has 0 saturated heterocycles. The first-order valence-corrected chi connectivity index (χ1v) is 12.0. The van der Waals surface area contributed by atoms with E-state index in [2.05, 4.69) is 11.4 Å². The summed E-state index contributed by atoms with van der Waals surface area (Å²) in [4.78, 5) is 13.1. The van der Waals surface area contributed by atoms with Crippen molar-refractivity contribution < 1.29 is 13.2 Å². The third-order valence-corrected chi connectivity index (χ3v) is 7.09. The molecular formula is C23H23ClN2O3S. The molecule has 1 amide bonds. The van der Waals surface area contributed by atoms with E-state index in [0.717, 1.165) is 34.4 Å². The van der Waals surface area contributed by atoms with E-state index in [9.17, 15) is 13.2 Å². The van der Waals surface area contributed by atoms with Crippen LogP contribution in [0.15, 0.2) is 48.5 Å². The van der Waals surface area contributed by atoms with Crippen LogP contribution in [-0.2, 0) is 27.7 Å². The Kier molecular flexibility index (Phi) is 5.24. The van der Waals surface area contributed by atoms with Crippen molar-refractivity contribution in [3.8, 4) is 0 Å². The molecule has 5 nitrogen and oxygen atoms in total. The molecule has 0 radical (unpaired) electrons. The summed E-state index contributed by atoms with van der Waals surface area (Å²) < 4.78 is 26.3. The molecule has 0 aromatic heterocycles. The lowest BCUT2D eigenvalue weighted by molar-refractivity contribution is -0.116. The number of carbonyl (C=O) groups excluding carboxylic acids is 1. The highest BCUT2D eigenvalue weighted by molar-refractivity contribution is 7.92. The van der Waals surface area contributed by atoms with Crippen molar-refractivity contribution in [1.29, 1.82) is 0 Å². The van der Waals surface area contributed by atoms with E-state index in [4.69, 9.17) is 11.6 Å². The standard InChI is InChI=1S/C23H23ClN2O3S/c1-14-7-11-18(24)13-21(14)26(30(3,28)29)15(2)23(27)25-20-12-10-17-9-8-16-5-4-6-19(20)22(16)17/h4-7,10-13,15H,8-9H2,1-3H3,(H,25,27)/t15-/m0/s1. The van der Waals surface area contributed by atoms with Gasteiger partial charge < -0.3 is 5.32 Å². The maximum Gasteiger partial charge on any atom is 0.248 e. The lowest BCUT2D eigenvalue weighted by Crippen LogP contribution is -2.45. The first kappa shape index (κ1) is 20.7. The van der Waals surface area contributed by atoms with Crippen LogP contribution in [0, 0.1) is 6.92 Å². The zero-order chi connectivity index (χ0) is 21.6. The van der Waals surface area contributed by atoms with Gasteiger partial charge in [-0.3, -0.25) is 9.10 Å². The van der Waals surface area contributed by atoms with E-state index in [1.165, 1.54) is 16.5 Å². The fraction of sp³-hybridized carbons (Fsp3) is 0.261. The van der Waals surface area contributed by atoms with Crippen LogP contribution in [-0.4, -0.2) is 26.6 Å². The Morgan fingerprint density at radius 2 is 1.80 bits per heavy atom. The molecule has 0 spiro atoms. The van der Waals surface area contributed by atoms with Crippen molar-refractivity contribution >= 4 is 49.7 Å². The van der Waals surface area contributed by atoms with Gasteiger partial charge in [-0.15, -0.1) is 0 Å². The number of hydrogen-bond acceptors (Lipinski definition) is 3. The van der Waals surface area contributed by atoms with Gasteiger partial charge in [-0.1, -0.05) is 41.9 Å². The summed E-state index contributed by atoms with van der Waals surface area (Å²) in [6.07, 6.45) is 3.09. The SMILES string of the molecule is Cc1ccc(Cl)cc1N([C@@H](C)C(=O)Nc1ccc2c3c(cccc13)CC2)S(C)(=O)=O. The van der Waals surface area contributed by atoms with Crippen LogP contribution >= 0.6 is 11.6 Å². The number of nitrogens with one attached hydrogen (secondary N) is 1. The summed E-state index contributed by atoms with van der Waals surface area (Å²) in [6.45, 7) is 3.37. The summed E-state index contributed by atoms with van der Waals surface area (Å²) in [7, 11) is -3.73. The summed E-state index contributed by atoms with van der Waals surface area (Å²) in [5.41, 5.74) is 4.35. The zero-order valence-corrected chi connectivity index (χ0v) is 18.6. The minimum Gasteiger partial charge on any atom is -0.324 e. The summed E-state index contributed by atoms with van der Waals surface area (Å²) in [5.74, 6) is -0.404. The van der Waals surface area contributed by atoms with Crippen molar-refractivity contribution in [2.24, 2.45) is 0 Å². The molecule has 0 unspecified atom stereocenters. The van der Waals surface area contributed by atoms with Gasteiger partial charge in [0.1, 0.15) is 6.04 Å². The quantitative estimate of drug-likeness (QED) is 0.623. The largest absolute Gasteiger partial charge is 0.324 e. The molecule has 7 heteroatoms. The van der Waals surface area contributed by atoms with Crippen LogP contribution in [0.2, 0.25) is 5.02 Å². The number of rotatable bonds is 5. The Hall–Kier alpha value is -2.57. The third kappa shape index (κ3) is 3.66. The number of aryl methyl sites for hydroxylation is 3. The Balaban J connectivity index is 1.71. The molecule has 3 aromatic rings. The van der Waals surface area contributed by atoms with E-state index >= 15 is 0 Å². The van der Waals surface area contributed by atoms with Crippen LogP contribution in [0.4, 0.5) is 11.4 Å². The molecule has 1 N–H and O–H groups in total. The topological polar surface area (TPSA) is 66.5 Å². The van der Waals surface area contributed by atoms with Crippen LogP contribution < -0.4 is 9.62 Å². The summed E-state index contributed by atoms with van der Waals surface area (Å²) in [5, 5.41) is 5.52. The van der Waals surface area contributed by atoms with Crippen molar-refractivity contribution in [3.05, 3.63) is 70.2 Å². The Morgan fingerprint density at radius 3 is 2.50 bits per heavy atom. The van der Waals surface area contributed by atoms with Crippen molar-refractivity contribution in [1.82, 2.24) is 0 Å². The number of sulfonamides is 1. The monoisotopic (exact) mass is 442 g/mol. The predicted molar refractivity (Wildman–Crippen MR) is 123 cm³/mol. The van der Waals surface area contributed by atoms with Gasteiger partial charge in [0, 0.05) is 16.1 Å². The van der Waals surface area contributed by atoms with E-state index in [0.29, 0.717) is 16.4 Å². The second kappa shape index (κ2) is 7.60. The lowest BCUT2D eigenvalue weighted by Gasteiger charge is -2.29. The molecule has 0 bridgehead atoms. The molecule has 1 aliphatic rings. The number of halogens is 1. The van der Waals surface area contributed by atoms with Gasteiger partial charge in [-0.25, -0.2) is 8.42 Å². The number of amides is 1. The van der Waals surface area contributed by atoms with Crippen LogP contribution in [0.5, 0.6) is 0 Å². The molecule has 3 aromatic carbocycles. The number of anilines is 2. The summed E-state index contributed by atoms with van der Waals surface area (Å²) >= 11 is 6.10. The summed E-state index contributed by atoms with van der Waals surface area (Å²) in [6, 6.07) is 14.1. The van der Waals surface area contributed by atoms with Gasteiger partial charge in [0.25, 0.3) is 0 Å². The van der Waals surface area contributed by atoms with E-state index in [1.807, 2.05) is 24.3 Å². The van der Waals surface area contributed by atoms with Crippen LogP contribution in [0.25, 0.3) is 10.8 Å². The fourth-order valence-electron chi connectivity index (χ4n) is 4.19. The molecule has 1 aliphatic carbocycles. The predicted octanol–water partition coefficient (Wildman–Crippen LogP) is 4.69. The molecular weight excluding hydrogens is 420 g/mol. The molecule has 0 saturated carbocycles. The Labute approximate surface area is 181 Å². The van der Waals surface area contributed by atoms with Gasteiger partial charge in [0.2, 0.25) is 15.9 Å². The Bertz CT molecular complexity index is 1260. The zero-order valence-electron chi connectivity index (χ0n) is 17.1. The van der Waals surface area contributed by atoms with Crippen molar-refractivity contribution in [3.63, 3.8) is 0 Å². The van der Waals surface area contributed by atoms with Crippen LogP contribution in [0.3, 0.4) is 0 Å².